The third-order valence-electron chi connectivity index (χ3n) is 3.16. The van der Waals surface area contributed by atoms with Crippen LogP contribution < -0.4 is 10.1 Å². The number of benzene rings is 1. The van der Waals surface area contributed by atoms with E-state index in [1.54, 1.807) is 12.1 Å². The number of halogens is 2. The van der Waals surface area contributed by atoms with Gasteiger partial charge in [0.05, 0.1) is 0 Å². The molecule has 1 aromatic carbocycles. The molecule has 0 bridgehead atoms. The Bertz CT molecular complexity index is 384. The van der Waals surface area contributed by atoms with Crippen molar-refractivity contribution in [3.05, 3.63) is 29.8 Å². The van der Waals surface area contributed by atoms with Gasteiger partial charge in [0.1, 0.15) is 12.4 Å². The standard InChI is InChI=1S/C14H20F2N2O/c1-11-8-18(7-6-17-11)9-12-2-4-13(5-3-12)19-10-14(15)16/h2-5,11,14,17H,6-10H2,1H3. The normalized spacial score (nSPS) is 20.7. The Kier molecular flexibility index (Phi) is 5.10. The van der Waals surface area contributed by atoms with E-state index in [2.05, 4.69) is 17.1 Å². The van der Waals surface area contributed by atoms with Gasteiger partial charge in [-0.05, 0) is 24.6 Å². The Morgan fingerprint density at radius 1 is 1.37 bits per heavy atom. The predicted molar refractivity (Wildman–Crippen MR) is 70.7 cm³/mol. The van der Waals surface area contributed by atoms with Crippen molar-refractivity contribution in [2.24, 2.45) is 0 Å². The molecular formula is C14H20F2N2O. The molecule has 1 aliphatic rings. The summed E-state index contributed by atoms with van der Waals surface area (Å²) in [6, 6.07) is 7.90. The van der Waals surface area contributed by atoms with Gasteiger partial charge < -0.3 is 10.1 Å². The van der Waals surface area contributed by atoms with Gasteiger partial charge >= 0.3 is 0 Å². The van der Waals surface area contributed by atoms with E-state index >= 15 is 0 Å². The minimum atomic E-state index is -2.43. The average Bonchev–Trinajstić information content (AvgIpc) is 2.38. The Labute approximate surface area is 112 Å². The average molecular weight is 270 g/mol. The van der Waals surface area contributed by atoms with Crippen molar-refractivity contribution in [1.82, 2.24) is 10.2 Å². The van der Waals surface area contributed by atoms with Crippen molar-refractivity contribution in [2.45, 2.75) is 25.9 Å². The van der Waals surface area contributed by atoms with Crippen LogP contribution in [0.2, 0.25) is 0 Å². The summed E-state index contributed by atoms with van der Waals surface area (Å²) < 4.78 is 29.0. The van der Waals surface area contributed by atoms with Gasteiger partial charge in [-0.2, -0.15) is 0 Å². The third-order valence-corrected chi connectivity index (χ3v) is 3.16. The summed E-state index contributed by atoms with van der Waals surface area (Å²) in [6.45, 7) is 5.59. The monoisotopic (exact) mass is 270 g/mol. The lowest BCUT2D eigenvalue weighted by Crippen LogP contribution is -2.48. The van der Waals surface area contributed by atoms with Crippen molar-refractivity contribution in [3.63, 3.8) is 0 Å². The zero-order valence-corrected chi connectivity index (χ0v) is 11.1. The van der Waals surface area contributed by atoms with E-state index in [1.807, 2.05) is 12.1 Å². The maximum Gasteiger partial charge on any atom is 0.272 e. The lowest BCUT2D eigenvalue weighted by atomic mass is 10.1. The topological polar surface area (TPSA) is 24.5 Å². The zero-order valence-electron chi connectivity index (χ0n) is 11.1. The molecule has 0 saturated carbocycles. The predicted octanol–water partition coefficient (Wildman–Crippen LogP) is 2.12. The SMILES string of the molecule is CC1CN(Cc2ccc(OCC(F)F)cc2)CCN1. The lowest BCUT2D eigenvalue weighted by molar-refractivity contribution is 0.0819. The van der Waals surface area contributed by atoms with Gasteiger partial charge in [0.25, 0.3) is 6.43 Å². The molecule has 1 aliphatic heterocycles. The van der Waals surface area contributed by atoms with Crippen molar-refractivity contribution < 1.29 is 13.5 Å². The Morgan fingerprint density at radius 3 is 2.74 bits per heavy atom. The molecule has 2 rings (SSSR count). The Balaban J connectivity index is 1.84. The highest BCUT2D eigenvalue weighted by Crippen LogP contribution is 2.15. The van der Waals surface area contributed by atoms with Crippen LogP contribution >= 0.6 is 0 Å². The van der Waals surface area contributed by atoms with Gasteiger partial charge in [-0.3, -0.25) is 4.90 Å². The van der Waals surface area contributed by atoms with E-state index in [-0.39, 0.29) is 0 Å². The number of piperazine rings is 1. The first-order valence-corrected chi connectivity index (χ1v) is 6.59. The summed E-state index contributed by atoms with van der Waals surface area (Å²) in [4.78, 5) is 2.39. The van der Waals surface area contributed by atoms with Gasteiger partial charge in [-0.25, -0.2) is 8.78 Å². The highest BCUT2D eigenvalue weighted by atomic mass is 19.3. The van der Waals surface area contributed by atoms with Crippen molar-refractivity contribution in [1.29, 1.82) is 0 Å². The van der Waals surface area contributed by atoms with Crippen LogP contribution in [0.4, 0.5) is 8.78 Å². The molecule has 3 nitrogen and oxygen atoms in total. The fraction of sp³-hybridized carbons (Fsp3) is 0.571. The Hall–Kier alpha value is -1.20. The Morgan fingerprint density at radius 2 is 2.11 bits per heavy atom. The molecular weight excluding hydrogens is 250 g/mol. The second-order valence-electron chi connectivity index (χ2n) is 4.94. The van der Waals surface area contributed by atoms with Crippen LogP contribution in [-0.2, 0) is 6.54 Å². The molecule has 1 saturated heterocycles. The lowest BCUT2D eigenvalue weighted by Gasteiger charge is -2.31. The highest BCUT2D eigenvalue weighted by Gasteiger charge is 2.15. The molecule has 19 heavy (non-hydrogen) atoms. The molecule has 0 amide bonds. The fourth-order valence-corrected chi connectivity index (χ4v) is 2.26. The highest BCUT2D eigenvalue weighted by molar-refractivity contribution is 5.27. The van der Waals surface area contributed by atoms with Crippen LogP contribution in [0, 0.1) is 0 Å². The minimum Gasteiger partial charge on any atom is -0.488 e. The third kappa shape index (κ3) is 4.76. The molecule has 0 radical (unpaired) electrons. The molecule has 0 spiro atoms. The number of rotatable bonds is 5. The molecule has 1 heterocycles. The quantitative estimate of drug-likeness (QED) is 0.887. The fourth-order valence-electron chi connectivity index (χ4n) is 2.26. The van der Waals surface area contributed by atoms with E-state index in [1.165, 1.54) is 5.56 Å². The van der Waals surface area contributed by atoms with Crippen molar-refractivity contribution in [2.75, 3.05) is 26.2 Å². The number of hydrogen-bond donors (Lipinski definition) is 1. The number of nitrogens with zero attached hydrogens (tertiary/aromatic N) is 1. The summed E-state index contributed by atoms with van der Waals surface area (Å²) in [5, 5.41) is 3.40. The molecule has 5 heteroatoms. The molecule has 1 N–H and O–H groups in total. The molecule has 1 aromatic rings. The first kappa shape index (κ1) is 14.2. The molecule has 0 aromatic heterocycles. The molecule has 1 atom stereocenters. The molecule has 1 fully saturated rings. The summed E-state index contributed by atoms with van der Waals surface area (Å²) in [5.74, 6) is 0.498. The van der Waals surface area contributed by atoms with Crippen LogP contribution in [0.25, 0.3) is 0 Å². The number of ether oxygens (including phenoxy) is 1. The molecule has 1 unspecified atom stereocenters. The largest absolute Gasteiger partial charge is 0.488 e. The maximum atomic E-state index is 12.0. The van der Waals surface area contributed by atoms with Gasteiger partial charge in [0.2, 0.25) is 0 Å². The van der Waals surface area contributed by atoms with Gasteiger partial charge in [0.15, 0.2) is 0 Å². The summed E-state index contributed by atoms with van der Waals surface area (Å²) in [5.41, 5.74) is 1.18. The van der Waals surface area contributed by atoms with E-state index in [9.17, 15) is 8.78 Å². The molecule has 0 aliphatic carbocycles. The van der Waals surface area contributed by atoms with Crippen LogP contribution in [0.15, 0.2) is 24.3 Å². The van der Waals surface area contributed by atoms with Crippen LogP contribution in [-0.4, -0.2) is 43.6 Å². The van der Waals surface area contributed by atoms with Crippen molar-refractivity contribution >= 4 is 0 Å². The minimum absolute atomic E-state index is 0.498. The first-order valence-electron chi connectivity index (χ1n) is 6.59. The maximum absolute atomic E-state index is 12.0. The second-order valence-corrected chi connectivity index (χ2v) is 4.94. The van der Waals surface area contributed by atoms with Crippen LogP contribution in [0.3, 0.4) is 0 Å². The molecule has 106 valence electrons. The number of hydrogen-bond acceptors (Lipinski definition) is 3. The van der Waals surface area contributed by atoms with Crippen LogP contribution in [0.1, 0.15) is 12.5 Å². The number of nitrogens with one attached hydrogen (secondary N) is 1. The van der Waals surface area contributed by atoms with Crippen LogP contribution in [0.5, 0.6) is 5.75 Å². The van der Waals surface area contributed by atoms with Crippen molar-refractivity contribution in [3.8, 4) is 5.75 Å². The van der Waals surface area contributed by atoms with Gasteiger partial charge in [-0.1, -0.05) is 12.1 Å². The van der Waals surface area contributed by atoms with E-state index in [4.69, 9.17) is 4.74 Å². The van der Waals surface area contributed by atoms with Gasteiger partial charge in [-0.15, -0.1) is 0 Å². The number of alkyl halides is 2. The van der Waals surface area contributed by atoms with E-state index in [0.717, 1.165) is 26.2 Å². The zero-order chi connectivity index (χ0) is 13.7. The van der Waals surface area contributed by atoms with E-state index < -0.39 is 13.0 Å². The summed E-state index contributed by atoms with van der Waals surface area (Å²) in [7, 11) is 0. The second kappa shape index (κ2) is 6.82. The first-order chi connectivity index (χ1) is 9.13. The van der Waals surface area contributed by atoms with Gasteiger partial charge in [0, 0.05) is 32.2 Å². The summed E-state index contributed by atoms with van der Waals surface area (Å²) >= 11 is 0. The van der Waals surface area contributed by atoms with E-state index in [0.29, 0.717) is 11.8 Å². The smallest absolute Gasteiger partial charge is 0.272 e. The summed E-state index contributed by atoms with van der Waals surface area (Å²) in [6.07, 6.45) is -2.43.